The third kappa shape index (κ3) is 5.67. The monoisotopic (exact) mass is 335 g/mol. The highest BCUT2D eigenvalue weighted by molar-refractivity contribution is 7.10. The summed E-state index contributed by atoms with van der Waals surface area (Å²) in [7, 11) is 0. The Kier molecular flexibility index (Phi) is 7.06. The van der Waals surface area contributed by atoms with Crippen molar-refractivity contribution in [3.8, 4) is 5.75 Å². The fourth-order valence-corrected chi connectivity index (χ4v) is 2.78. The van der Waals surface area contributed by atoms with Gasteiger partial charge in [-0.25, -0.2) is 0 Å². The minimum atomic E-state index is -0.598. The van der Waals surface area contributed by atoms with Gasteiger partial charge in [-0.1, -0.05) is 24.3 Å². The molecule has 23 heavy (non-hydrogen) atoms. The molecule has 0 aliphatic rings. The van der Waals surface area contributed by atoms with E-state index in [4.69, 9.17) is 14.6 Å². The number of para-hydroxylation sites is 1. The molecule has 0 saturated heterocycles. The van der Waals surface area contributed by atoms with Crippen LogP contribution in [0.25, 0.3) is 0 Å². The summed E-state index contributed by atoms with van der Waals surface area (Å²) in [5, 5.41) is 13.7. The van der Waals surface area contributed by atoms with Gasteiger partial charge >= 0.3 is 0 Å². The van der Waals surface area contributed by atoms with Gasteiger partial charge in [0.1, 0.15) is 11.9 Å². The van der Waals surface area contributed by atoms with E-state index in [1.165, 1.54) is 0 Å². The number of thiophene rings is 1. The van der Waals surface area contributed by atoms with Crippen molar-refractivity contribution in [2.45, 2.75) is 19.1 Å². The molecule has 1 amide bonds. The van der Waals surface area contributed by atoms with Gasteiger partial charge in [0.2, 0.25) is 0 Å². The van der Waals surface area contributed by atoms with E-state index in [0.717, 1.165) is 4.88 Å². The van der Waals surface area contributed by atoms with Crippen LogP contribution in [0.2, 0.25) is 0 Å². The van der Waals surface area contributed by atoms with Crippen LogP contribution < -0.4 is 10.1 Å². The Bertz CT molecular complexity index is 574. The van der Waals surface area contributed by atoms with Gasteiger partial charge in [0.05, 0.1) is 13.2 Å². The van der Waals surface area contributed by atoms with Crippen molar-refractivity contribution in [3.05, 3.63) is 52.7 Å². The van der Waals surface area contributed by atoms with Gasteiger partial charge in [0, 0.05) is 11.4 Å². The predicted molar refractivity (Wildman–Crippen MR) is 89.6 cm³/mol. The topological polar surface area (TPSA) is 67.8 Å². The molecule has 124 valence electrons. The van der Waals surface area contributed by atoms with E-state index in [9.17, 15) is 4.79 Å². The molecule has 1 heterocycles. The molecule has 0 saturated carbocycles. The molecular formula is C17H21NO4S. The molecule has 0 spiro atoms. The third-order valence-electron chi connectivity index (χ3n) is 3.16. The van der Waals surface area contributed by atoms with Crippen molar-refractivity contribution in [1.29, 1.82) is 0 Å². The maximum atomic E-state index is 12.2. The van der Waals surface area contributed by atoms with Crippen molar-refractivity contribution >= 4 is 17.2 Å². The van der Waals surface area contributed by atoms with Crippen LogP contribution in [0.15, 0.2) is 47.8 Å². The smallest absolute Gasteiger partial charge is 0.260 e. The van der Waals surface area contributed by atoms with Gasteiger partial charge in [-0.3, -0.25) is 4.79 Å². The number of carbonyl (C=O) groups excluding carboxylic acids is 1. The minimum Gasteiger partial charge on any atom is -0.481 e. The zero-order chi connectivity index (χ0) is 16.5. The Hall–Kier alpha value is -1.89. The van der Waals surface area contributed by atoms with Gasteiger partial charge in [-0.15, -0.1) is 11.3 Å². The molecule has 0 aliphatic carbocycles. The number of hydrogen-bond acceptors (Lipinski definition) is 5. The summed E-state index contributed by atoms with van der Waals surface area (Å²) in [6.45, 7) is 2.22. The van der Waals surface area contributed by atoms with Crippen LogP contribution in [-0.2, 0) is 9.53 Å². The second-order valence-electron chi connectivity index (χ2n) is 4.92. The fourth-order valence-electron chi connectivity index (χ4n) is 2.00. The second kappa shape index (κ2) is 9.29. The van der Waals surface area contributed by atoms with E-state index in [0.29, 0.717) is 12.3 Å². The Labute approximate surface area is 139 Å². The van der Waals surface area contributed by atoms with Gasteiger partial charge in [0.15, 0.2) is 6.10 Å². The molecule has 2 atom stereocenters. The van der Waals surface area contributed by atoms with Crippen LogP contribution in [0.3, 0.4) is 0 Å². The fraction of sp³-hybridized carbons (Fsp3) is 0.353. The SMILES string of the molecule is C[C@H](Oc1ccccc1)C(=O)NC[C@H](OCCO)c1cccs1. The van der Waals surface area contributed by atoms with Crippen LogP contribution in [0, 0.1) is 0 Å². The van der Waals surface area contributed by atoms with Gasteiger partial charge in [0.25, 0.3) is 5.91 Å². The Morgan fingerprint density at radius 1 is 1.26 bits per heavy atom. The summed E-state index contributed by atoms with van der Waals surface area (Å²) in [5.41, 5.74) is 0. The Balaban J connectivity index is 1.85. The third-order valence-corrected chi connectivity index (χ3v) is 4.12. The summed E-state index contributed by atoms with van der Waals surface area (Å²) in [4.78, 5) is 13.2. The maximum Gasteiger partial charge on any atom is 0.260 e. The normalized spacial score (nSPS) is 13.3. The first-order chi connectivity index (χ1) is 11.2. The zero-order valence-corrected chi connectivity index (χ0v) is 13.8. The highest BCUT2D eigenvalue weighted by Crippen LogP contribution is 2.21. The lowest BCUT2D eigenvalue weighted by Gasteiger charge is -2.19. The number of aliphatic hydroxyl groups is 1. The molecule has 0 bridgehead atoms. The molecule has 0 fully saturated rings. The largest absolute Gasteiger partial charge is 0.481 e. The lowest BCUT2D eigenvalue weighted by atomic mass is 10.2. The van der Waals surface area contributed by atoms with Crippen LogP contribution in [-0.4, -0.2) is 36.9 Å². The first-order valence-electron chi connectivity index (χ1n) is 7.46. The number of amides is 1. The minimum absolute atomic E-state index is 0.0522. The van der Waals surface area contributed by atoms with E-state index in [-0.39, 0.29) is 25.2 Å². The Morgan fingerprint density at radius 2 is 2.04 bits per heavy atom. The molecule has 1 aromatic heterocycles. The molecule has 6 heteroatoms. The summed E-state index contributed by atoms with van der Waals surface area (Å²) < 4.78 is 11.2. The second-order valence-corrected chi connectivity index (χ2v) is 5.90. The summed E-state index contributed by atoms with van der Waals surface area (Å²) in [5.74, 6) is 0.449. The first-order valence-corrected chi connectivity index (χ1v) is 8.34. The van der Waals surface area contributed by atoms with Crippen molar-refractivity contribution in [1.82, 2.24) is 5.32 Å². The van der Waals surface area contributed by atoms with E-state index in [1.54, 1.807) is 18.3 Å². The molecule has 2 aromatic rings. The number of benzene rings is 1. The molecule has 0 radical (unpaired) electrons. The zero-order valence-electron chi connectivity index (χ0n) is 13.0. The van der Waals surface area contributed by atoms with E-state index < -0.39 is 6.10 Å². The van der Waals surface area contributed by atoms with Crippen molar-refractivity contribution in [3.63, 3.8) is 0 Å². The van der Waals surface area contributed by atoms with Gasteiger partial charge < -0.3 is 19.9 Å². The lowest BCUT2D eigenvalue weighted by Crippen LogP contribution is -2.38. The number of carbonyl (C=O) groups is 1. The quantitative estimate of drug-likeness (QED) is 0.738. The number of hydrogen-bond donors (Lipinski definition) is 2. The molecule has 0 unspecified atom stereocenters. The highest BCUT2D eigenvalue weighted by Gasteiger charge is 2.18. The number of nitrogens with one attached hydrogen (secondary N) is 1. The van der Waals surface area contributed by atoms with Gasteiger partial charge in [-0.05, 0) is 30.5 Å². The molecule has 5 nitrogen and oxygen atoms in total. The van der Waals surface area contributed by atoms with E-state index in [2.05, 4.69) is 5.32 Å². The average Bonchev–Trinajstić information content (AvgIpc) is 3.10. The van der Waals surface area contributed by atoms with Crippen molar-refractivity contribution in [2.24, 2.45) is 0 Å². The standard InChI is InChI=1S/C17H21NO4S/c1-13(22-14-6-3-2-4-7-14)17(20)18-12-15(21-10-9-19)16-8-5-11-23-16/h2-8,11,13,15,19H,9-10,12H2,1H3,(H,18,20)/t13-,15-/m0/s1. The first kappa shape index (κ1) is 17.5. The lowest BCUT2D eigenvalue weighted by molar-refractivity contribution is -0.128. The van der Waals surface area contributed by atoms with Crippen molar-refractivity contribution in [2.75, 3.05) is 19.8 Å². The summed E-state index contributed by atoms with van der Waals surface area (Å²) in [6, 6.07) is 13.1. The molecule has 1 aromatic carbocycles. The average molecular weight is 335 g/mol. The van der Waals surface area contributed by atoms with E-state index in [1.807, 2.05) is 47.8 Å². The molecule has 2 N–H and O–H groups in total. The van der Waals surface area contributed by atoms with E-state index >= 15 is 0 Å². The summed E-state index contributed by atoms with van der Waals surface area (Å²) >= 11 is 1.55. The highest BCUT2D eigenvalue weighted by atomic mass is 32.1. The molecule has 2 rings (SSSR count). The molecule has 0 aliphatic heterocycles. The van der Waals surface area contributed by atoms with Crippen LogP contribution in [0.1, 0.15) is 17.9 Å². The van der Waals surface area contributed by atoms with Crippen LogP contribution in [0.4, 0.5) is 0 Å². The number of rotatable bonds is 9. The van der Waals surface area contributed by atoms with Crippen LogP contribution >= 0.6 is 11.3 Å². The van der Waals surface area contributed by atoms with Crippen molar-refractivity contribution < 1.29 is 19.4 Å². The molecular weight excluding hydrogens is 314 g/mol. The van der Waals surface area contributed by atoms with Gasteiger partial charge in [-0.2, -0.15) is 0 Å². The van der Waals surface area contributed by atoms with Crippen LogP contribution in [0.5, 0.6) is 5.75 Å². The Morgan fingerprint density at radius 3 is 2.70 bits per heavy atom. The number of ether oxygens (including phenoxy) is 2. The maximum absolute atomic E-state index is 12.2. The summed E-state index contributed by atoms with van der Waals surface area (Å²) in [6.07, 6.45) is -0.866. The predicted octanol–water partition coefficient (Wildman–Crippen LogP) is 2.38. The number of aliphatic hydroxyl groups excluding tert-OH is 1.